The lowest BCUT2D eigenvalue weighted by atomic mass is 9.85. The van der Waals surface area contributed by atoms with Crippen molar-refractivity contribution in [2.75, 3.05) is 18.4 Å². The first kappa shape index (κ1) is 22.7. The number of sulfonamides is 1. The summed E-state index contributed by atoms with van der Waals surface area (Å²) in [4.78, 5) is 17.1. The number of thiophene rings is 1. The maximum absolute atomic E-state index is 13.2. The Morgan fingerprint density at radius 2 is 2.00 bits per heavy atom. The number of rotatable bonds is 6. The molecule has 1 amide bonds. The van der Waals surface area contributed by atoms with Crippen LogP contribution < -0.4 is 5.32 Å². The topological polar surface area (TPSA) is 129 Å². The van der Waals surface area contributed by atoms with E-state index in [4.69, 9.17) is 9.78 Å². The molecule has 0 unspecified atom stereocenters. The van der Waals surface area contributed by atoms with Crippen molar-refractivity contribution in [2.24, 2.45) is 5.92 Å². The average molecular weight is 498 g/mol. The van der Waals surface area contributed by atoms with Gasteiger partial charge in [0, 0.05) is 41.6 Å². The SMILES string of the molecule is N#Cc1cccc(NC(=O)C2CCN(S(=O)(=O)c3cc(-c4noc(C5CCC5)n4)cs3)CC2)c1. The van der Waals surface area contributed by atoms with Crippen molar-refractivity contribution in [3.8, 4) is 17.5 Å². The van der Waals surface area contributed by atoms with E-state index < -0.39 is 10.0 Å². The van der Waals surface area contributed by atoms with E-state index >= 15 is 0 Å². The number of amides is 1. The Morgan fingerprint density at radius 3 is 2.71 bits per heavy atom. The normalized spacial score (nSPS) is 17.7. The third kappa shape index (κ3) is 4.49. The van der Waals surface area contributed by atoms with Gasteiger partial charge in [0.1, 0.15) is 4.21 Å². The van der Waals surface area contributed by atoms with E-state index in [9.17, 15) is 13.2 Å². The van der Waals surface area contributed by atoms with Crippen LogP contribution in [0.2, 0.25) is 0 Å². The Balaban J connectivity index is 1.21. The van der Waals surface area contributed by atoms with Crippen molar-refractivity contribution in [1.29, 1.82) is 5.26 Å². The fourth-order valence-corrected chi connectivity index (χ4v) is 6.92. The monoisotopic (exact) mass is 497 g/mol. The number of nitrogens with one attached hydrogen (secondary N) is 1. The maximum Gasteiger partial charge on any atom is 0.252 e. The molecule has 1 aliphatic heterocycles. The zero-order valence-corrected chi connectivity index (χ0v) is 19.9. The molecule has 1 saturated carbocycles. The van der Waals surface area contributed by atoms with E-state index in [2.05, 4.69) is 15.5 Å². The Morgan fingerprint density at radius 1 is 1.21 bits per heavy atom. The second-order valence-corrected chi connectivity index (χ2v) is 11.7. The maximum atomic E-state index is 13.2. The van der Waals surface area contributed by atoms with Crippen molar-refractivity contribution < 1.29 is 17.7 Å². The van der Waals surface area contributed by atoms with Crippen molar-refractivity contribution in [2.45, 2.75) is 42.2 Å². The van der Waals surface area contributed by atoms with Gasteiger partial charge in [0.05, 0.1) is 11.6 Å². The lowest BCUT2D eigenvalue weighted by Crippen LogP contribution is -2.41. The number of nitrogens with zero attached hydrogens (tertiary/aromatic N) is 4. The van der Waals surface area contributed by atoms with Crippen LogP contribution in [0.5, 0.6) is 0 Å². The molecule has 3 heterocycles. The predicted octanol–water partition coefficient (Wildman–Crippen LogP) is 3.98. The average Bonchev–Trinajstić information content (AvgIpc) is 3.48. The molecule has 1 aliphatic carbocycles. The Labute approximate surface area is 201 Å². The molecule has 176 valence electrons. The summed E-state index contributed by atoms with van der Waals surface area (Å²) >= 11 is 1.14. The van der Waals surface area contributed by atoms with Crippen molar-refractivity contribution >= 4 is 33.0 Å². The zero-order valence-electron chi connectivity index (χ0n) is 18.3. The van der Waals surface area contributed by atoms with Crippen molar-refractivity contribution in [3.05, 3.63) is 47.2 Å². The highest BCUT2D eigenvalue weighted by Gasteiger charge is 2.33. The van der Waals surface area contributed by atoms with Gasteiger partial charge in [0.25, 0.3) is 10.0 Å². The molecule has 0 bridgehead atoms. The van der Waals surface area contributed by atoms with Crippen LogP contribution in [0.1, 0.15) is 49.5 Å². The minimum absolute atomic E-state index is 0.162. The molecule has 0 radical (unpaired) electrons. The fourth-order valence-electron chi connectivity index (χ4n) is 4.14. The molecular weight excluding hydrogens is 474 g/mol. The van der Waals surface area contributed by atoms with Gasteiger partial charge >= 0.3 is 0 Å². The van der Waals surface area contributed by atoms with E-state index in [-0.39, 0.29) is 29.1 Å². The van der Waals surface area contributed by atoms with Gasteiger partial charge in [-0.15, -0.1) is 11.3 Å². The van der Waals surface area contributed by atoms with E-state index in [1.165, 1.54) is 4.31 Å². The van der Waals surface area contributed by atoms with Gasteiger partial charge < -0.3 is 9.84 Å². The number of benzene rings is 1. The first-order valence-corrected chi connectivity index (χ1v) is 13.5. The van der Waals surface area contributed by atoms with E-state index in [0.29, 0.717) is 47.3 Å². The summed E-state index contributed by atoms with van der Waals surface area (Å²) in [6, 6.07) is 10.4. The molecule has 0 spiro atoms. The second-order valence-electron chi connectivity index (χ2n) is 8.60. The molecule has 1 saturated heterocycles. The van der Waals surface area contributed by atoms with Gasteiger partial charge in [-0.1, -0.05) is 17.6 Å². The number of hydrogen-bond acceptors (Lipinski definition) is 8. The Hall–Kier alpha value is -3.07. The van der Waals surface area contributed by atoms with Crippen LogP contribution in [0.25, 0.3) is 11.4 Å². The summed E-state index contributed by atoms with van der Waals surface area (Å²) in [7, 11) is -3.67. The summed E-state index contributed by atoms with van der Waals surface area (Å²) in [6.07, 6.45) is 4.11. The van der Waals surface area contributed by atoms with Crippen molar-refractivity contribution in [3.63, 3.8) is 0 Å². The Bertz CT molecular complexity index is 1350. The van der Waals surface area contributed by atoms with Gasteiger partial charge in [-0.2, -0.15) is 14.6 Å². The van der Waals surface area contributed by atoms with Crippen LogP contribution in [0.15, 0.2) is 44.4 Å². The lowest BCUT2D eigenvalue weighted by molar-refractivity contribution is -0.120. The molecule has 11 heteroatoms. The molecule has 2 fully saturated rings. The highest BCUT2D eigenvalue weighted by atomic mass is 32.2. The predicted molar refractivity (Wildman–Crippen MR) is 125 cm³/mol. The molecule has 9 nitrogen and oxygen atoms in total. The molecule has 2 aliphatic rings. The smallest absolute Gasteiger partial charge is 0.252 e. The van der Waals surface area contributed by atoms with Gasteiger partial charge in [0.2, 0.25) is 17.6 Å². The van der Waals surface area contributed by atoms with Gasteiger partial charge in [-0.25, -0.2) is 8.42 Å². The van der Waals surface area contributed by atoms with E-state index in [1.54, 1.807) is 35.7 Å². The summed E-state index contributed by atoms with van der Waals surface area (Å²) < 4.78 is 33.4. The molecule has 1 N–H and O–H groups in total. The fraction of sp³-hybridized carbons (Fsp3) is 0.391. The quantitative estimate of drug-likeness (QED) is 0.545. The first-order valence-electron chi connectivity index (χ1n) is 11.2. The van der Waals surface area contributed by atoms with Gasteiger partial charge in [0.15, 0.2) is 0 Å². The third-order valence-corrected chi connectivity index (χ3v) is 9.72. The summed E-state index contributed by atoms with van der Waals surface area (Å²) in [5.41, 5.74) is 1.66. The van der Waals surface area contributed by atoms with Crippen LogP contribution in [0.3, 0.4) is 0 Å². The molecule has 2 aromatic heterocycles. The molecule has 3 aromatic rings. The molecule has 0 atom stereocenters. The number of piperidine rings is 1. The zero-order chi connectivity index (χ0) is 23.7. The first-order chi connectivity index (χ1) is 16.4. The molecule has 1 aromatic carbocycles. The number of anilines is 1. The van der Waals surface area contributed by atoms with Crippen LogP contribution in [-0.4, -0.2) is 41.9 Å². The van der Waals surface area contributed by atoms with Crippen LogP contribution >= 0.6 is 11.3 Å². The number of carbonyl (C=O) groups excluding carboxylic acids is 1. The highest BCUT2D eigenvalue weighted by molar-refractivity contribution is 7.91. The van der Waals surface area contributed by atoms with E-state index in [1.807, 2.05) is 6.07 Å². The lowest BCUT2D eigenvalue weighted by Gasteiger charge is -2.30. The molecule has 5 rings (SSSR count). The summed E-state index contributed by atoms with van der Waals surface area (Å²) in [5, 5.41) is 17.6. The minimum atomic E-state index is -3.67. The summed E-state index contributed by atoms with van der Waals surface area (Å²) in [6.45, 7) is 0.528. The highest BCUT2D eigenvalue weighted by Crippen LogP contribution is 2.37. The Kier molecular flexibility index (Phi) is 6.20. The van der Waals surface area contributed by atoms with Crippen LogP contribution in [-0.2, 0) is 14.8 Å². The number of nitriles is 1. The molecular formula is C23H23N5O4S2. The van der Waals surface area contributed by atoms with E-state index in [0.717, 1.165) is 30.6 Å². The standard InChI is InChI=1S/C23H23N5O4S2/c24-13-15-3-1-6-19(11-15)25-22(29)16-7-9-28(10-8-16)34(30,31)20-12-18(14-33-20)21-26-23(32-27-21)17-4-2-5-17/h1,3,6,11-12,14,16-17H,2,4-5,7-10H2,(H,25,29). The van der Waals surface area contributed by atoms with Crippen LogP contribution in [0, 0.1) is 17.2 Å². The van der Waals surface area contributed by atoms with Crippen LogP contribution in [0.4, 0.5) is 5.69 Å². The second kappa shape index (κ2) is 9.29. The number of aromatic nitrogens is 2. The van der Waals surface area contributed by atoms with Crippen molar-refractivity contribution in [1.82, 2.24) is 14.4 Å². The minimum Gasteiger partial charge on any atom is -0.339 e. The molecule has 34 heavy (non-hydrogen) atoms. The largest absolute Gasteiger partial charge is 0.339 e. The number of hydrogen-bond donors (Lipinski definition) is 1. The van der Waals surface area contributed by atoms with Gasteiger partial charge in [-0.05, 0) is 49.9 Å². The summed E-state index contributed by atoms with van der Waals surface area (Å²) in [5.74, 6) is 0.897. The third-order valence-electron chi connectivity index (χ3n) is 6.41. The van der Waals surface area contributed by atoms with Gasteiger partial charge in [-0.3, -0.25) is 4.79 Å². The number of carbonyl (C=O) groups is 1.